The summed E-state index contributed by atoms with van der Waals surface area (Å²) in [5.41, 5.74) is 0. The minimum atomic E-state index is -3.13. The van der Waals surface area contributed by atoms with E-state index in [4.69, 9.17) is 4.74 Å². The molecule has 1 rings (SSSR count). The maximum Gasteiger partial charge on any atom is 0.211 e. The number of nitrogens with one attached hydrogen (secondary N) is 2. The molecule has 2 N–H and O–H groups in total. The highest BCUT2D eigenvalue weighted by molar-refractivity contribution is 7.89. The Bertz CT molecular complexity index is 306. The largest absolute Gasteiger partial charge is 0.385 e. The third kappa shape index (κ3) is 5.81. The molecule has 2 unspecified atom stereocenters. The third-order valence-corrected chi connectivity index (χ3v) is 4.75. The van der Waals surface area contributed by atoms with Gasteiger partial charge in [0.1, 0.15) is 0 Å². The van der Waals surface area contributed by atoms with Crippen molar-refractivity contribution in [3.63, 3.8) is 0 Å². The predicted octanol–water partition coefficient (Wildman–Crippen LogP) is 0.188. The molecule has 1 aliphatic heterocycles. The number of methoxy groups -OCH3 is 1. The molecule has 0 aromatic rings. The molecule has 1 aliphatic rings. The molecule has 0 amide bonds. The van der Waals surface area contributed by atoms with Gasteiger partial charge in [0, 0.05) is 20.3 Å². The predicted molar refractivity (Wildman–Crippen MR) is 68.4 cm³/mol. The molecule has 0 aliphatic carbocycles. The lowest BCUT2D eigenvalue weighted by Crippen LogP contribution is -2.42. The van der Waals surface area contributed by atoms with E-state index in [0.29, 0.717) is 31.4 Å². The fourth-order valence-electron chi connectivity index (χ4n) is 2.03. The Hall–Kier alpha value is -0.170. The molecular formula is C11H24N2O3S. The molecule has 0 aromatic heterocycles. The fraction of sp³-hybridized carbons (Fsp3) is 1.00. The second-order valence-corrected chi connectivity index (χ2v) is 6.67. The second kappa shape index (κ2) is 7.31. The normalized spacial score (nSPS) is 26.0. The fourth-order valence-corrected chi connectivity index (χ4v) is 3.14. The van der Waals surface area contributed by atoms with Crippen LogP contribution in [0, 0.1) is 11.8 Å². The van der Waals surface area contributed by atoms with Crippen LogP contribution < -0.4 is 10.0 Å². The van der Waals surface area contributed by atoms with Crippen LogP contribution in [0.15, 0.2) is 0 Å². The Morgan fingerprint density at radius 1 is 1.47 bits per heavy atom. The zero-order valence-electron chi connectivity index (χ0n) is 10.7. The van der Waals surface area contributed by atoms with Crippen molar-refractivity contribution in [2.45, 2.75) is 19.8 Å². The van der Waals surface area contributed by atoms with Gasteiger partial charge in [-0.15, -0.1) is 0 Å². The number of hydrogen-bond donors (Lipinski definition) is 2. The van der Waals surface area contributed by atoms with Crippen LogP contribution in [-0.2, 0) is 14.8 Å². The van der Waals surface area contributed by atoms with Gasteiger partial charge in [0.15, 0.2) is 0 Å². The van der Waals surface area contributed by atoms with Crippen molar-refractivity contribution in [1.29, 1.82) is 0 Å². The monoisotopic (exact) mass is 264 g/mol. The molecule has 0 bridgehead atoms. The molecule has 17 heavy (non-hydrogen) atoms. The van der Waals surface area contributed by atoms with Gasteiger partial charge in [-0.05, 0) is 37.8 Å². The molecule has 0 spiro atoms. The van der Waals surface area contributed by atoms with Gasteiger partial charge < -0.3 is 10.1 Å². The second-order valence-electron chi connectivity index (χ2n) is 4.74. The highest BCUT2D eigenvalue weighted by Gasteiger charge is 2.22. The van der Waals surface area contributed by atoms with Crippen LogP contribution >= 0.6 is 0 Å². The Balaban J connectivity index is 2.28. The van der Waals surface area contributed by atoms with Gasteiger partial charge in [-0.3, -0.25) is 0 Å². The minimum absolute atomic E-state index is 0.148. The number of hydrogen-bond acceptors (Lipinski definition) is 4. The third-order valence-electron chi connectivity index (χ3n) is 3.31. The average Bonchev–Trinajstić information content (AvgIpc) is 2.28. The van der Waals surface area contributed by atoms with Gasteiger partial charge in [-0.1, -0.05) is 6.92 Å². The van der Waals surface area contributed by atoms with Gasteiger partial charge in [-0.25, -0.2) is 13.1 Å². The number of sulfonamides is 1. The first-order chi connectivity index (χ1) is 8.05. The molecule has 0 radical (unpaired) electrons. The molecule has 0 aromatic carbocycles. The first kappa shape index (κ1) is 14.9. The summed E-state index contributed by atoms with van der Waals surface area (Å²) in [6, 6.07) is 0. The molecule has 1 saturated heterocycles. The molecule has 2 atom stereocenters. The van der Waals surface area contributed by atoms with Gasteiger partial charge in [-0.2, -0.15) is 0 Å². The van der Waals surface area contributed by atoms with Gasteiger partial charge in [0.25, 0.3) is 0 Å². The van der Waals surface area contributed by atoms with Crippen molar-refractivity contribution in [3.05, 3.63) is 0 Å². The molecule has 5 nitrogen and oxygen atoms in total. The summed E-state index contributed by atoms with van der Waals surface area (Å²) in [5, 5.41) is 3.30. The summed E-state index contributed by atoms with van der Waals surface area (Å²) in [6.07, 6.45) is 1.67. The van der Waals surface area contributed by atoms with Crippen molar-refractivity contribution in [2.75, 3.05) is 39.1 Å². The Kier molecular flexibility index (Phi) is 6.40. The molecule has 0 saturated carbocycles. The Morgan fingerprint density at radius 3 is 2.88 bits per heavy atom. The van der Waals surface area contributed by atoms with Crippen LogP contribution in [0.3, 0.4) is 0 Å². The lowest BCUT2D eigenvalue weighted by atomic mass is 9.88. The van der Waals surface area contributed by atoms with Gasteiger partial charge >= 0.3 is 0 Å². The standard InChI is InChI=1S/C11H24N2O3S/c1-10-4-5-12-8-11(10)9-13-17(14,15)7-3-6-16-2/h10-13H,3-9H2,1-2H3. The minimum Gasteiger partial charge on any atom is -0.385 e. The molecular weight excluding hydrogens is 240 g/mol. The van der Waals surface area contributed by atoms with Crippen LogP contribution in [0.1, 0.15) is 19.8 Å². The number of rotatable bonds is 7. The highest BCUT2D eigenvalue weighted by Crippen LogP contribution is 2.17. The van der Waals surface area contributed by atoms with Crippen LogP contribution in [0.5, 0.6) is 0 Å². The van der Waals surface area contributed by atoms with Crippen molar-refractivity contribution in [2.24, 2.45) is 11.8 Å². The summed E-state index contributed by atoms with van der Waals surface area (Å²) in [6.45, 7) is 5.16. The molecule has 1 fully saturated rings. The summed E-state index contributed by atoms with van der Waals surface area (Å²) < 4.78 is 30.9. The Labute approximate surface area is 104 Å². The number of piperidine rings is 1. The molecule has 102 valence electrons. The first-order valence-electron chi connectivity index (χ1n) is 6.22. The zero-order valence-corrected chi connectivity index (χ0v) is 11.6. The van der Waals surface area contributed by atoms with Crippen molar-refractivity contribution >= 4 is 10.0 Å². The highest BCUT2D eigenvalue weighted by atomic mass is 32.2. The maximum atomic E-state index is 11.7. The van der Waals surface area contributed by atoms with E-state index in [1.165, 1.54) is 0 Å². The average molecular weight is 264 g/mol. The summed E-state index contributed by atoms with van der Waals surface area (Å²) in [4.78, 5) is 0. The smallest absolute Gasteiger partial charge is 0.211 e. The summed E-state index contributed by atoms with van der Waals surface area (Å²) in [7, 11) is -1.56. The topological polar surface area (TPSA) is 67.4 Å². The number of ether oxygens (including phenoxy) is 1. The zero-order chi connectivity index (χ0) is 12.7. The first-order valence-corrected chi connectivity index (χ1v) is 7.87. The van der Waals surface area contributed by atoms with E-state index in [2.05, 4.69) is 17.0 Å². The van der Waals surface area contributed by atoms with Crippen molar-refractivity contribution < 1.29 is 13.2 Å². The molecule has 6 heteroatoms. The SMILES string of the molecule is COCCCS(=O)(=O)NCC1CNCCC1C. The van der Waals surface area contributed by atoms with E-state index in [-0.39, 0.29) is 5.75 Å². The van der Waals surface area contributed by atoms with Gasteiger partial charge in [0.2, 0.25) is 10.0 Å². The quantitative estimate of drug-likeness (QED) is 0.644. The van der Waals surface area contributed by atoms with E-state index in [1.807, 2.05) is 0 Å². The Morgan fingerprint density at radius 2 is 2.24 bits per heavy atom. The van der Waals surface area contributed by atoms with E-state index >= 15 is 0 Å². The van der Waals surface area contributed by atoms with Crippen LogP contribution in [-0.4, -0.2) is 47.5 Å². The van der Waals surface area contributed by atoms with Crippen LogP contribution in [0.25, 0.3) is 0 Å². The van der Waals surface area contributed by atoms with Gasteiger partial charge in [0.05, 0.1) is 5.75 Å². The molecule has 1 heterocycles. The summed E-state index contributed by atoms with van der Waals surface area (Å²) in [5.74, 6) is 1.13. The van der Waals surface area contributed by atoms with Crippen LogP contribution in [0.2, 0.25) is 0 Å². The lowest BCUT2D eigenvalue weighted by molar-refractivity contribution is 0.199. The van der Waals surface area contributed by atoms with E-state index in [1.54, 1.807) is 7.11 Å². The van der Waals surface area contributed by atoms with E-state index in [0.717, 1.165) is 19.5 Å². The summed E-state index contributed by atoms with van der Waals surface area (Å²) >= 11 is 0. The lowest BCUT2D eigenvalue weighted by Gasteiger charge is -2.29. The van der Waals surface area contributed by atoms with Crippen LogP contribution in [0.4, 0.5) is 0 Å². The van der Waals surface area contributed by atoms with Crippen molar-refractivity contribution in [3.8, 4) is 0 Å². The maximum absolute atomic E-state index is 11.7. The van der Waals surface area contributed by atoms with E-state index < -0.39 is 10.0 Å². The van der Waals surface area contributed by atoms with E-state index in [9.17, 15) is 8.42 Å². The van der Waals surface area contributed by atoms with Crippen molar-refractivity contribution in [1.82, 2.24) is 10.0 Å².